The van der Waals surface area contributed by atoms with Crippen molar-refractivity contribution in [3.63, 3.8) is 0 Å². The Hall–Kier alpha value is -2.04. The van der Waals surface area contributed by atoms with Crippen LogP contribution in [0.1, 0.15) is 25.3 Å². The van der Waals surface area contributed by atoms with Crippen molar-refractivity contribution in [1.29, 1.82) is 0 Å². The van der Waals surface area contributed by atoms with Crippen LogP contribution in [0.25, 0.3) is 0 Å². The monoisotopic (exact) mass is 278 g/mol. The van der Waals surface area contributed by atoms with Crippen molar-refractivity contribution in [3.05, 3.63) is 29.8 Å². The van der Waals surface area contributed by atoms with E-state index in [1.54, 1.807) is 18.9 Å². The Kier molecular flexibility index (Phi) is 6.03. The van der Waals surface area contributed by atoms with Gasteiger partial charge in [-0.15, -0.1) is 0 Å². The highest BCUT2D eigenvalue weighted by molar-refractivity contribution is 5.91. The second-order valence-corrected chi connectivity index (χ2v) is 5.01. The first kappa shape index (κ1) is 16.0. The molecule has 0 radical (unpaired) electrons. The first-order valence-electron chi connectivity index (χ1n) is 6.73. The fourth-order valence-corrected chi connectivity index (χ4v) is 1.73. The molecule has 5 heteroatoms. The molecule has 0 fully saturated rings. The van der Waals surface area contributed by atoms with Crippen LogP contribution in [-0.4, -0.2) is 30.7 Å². The number of nitrogens with zero attached hydrogens (tertiary/aromatic N) is 1. The Balaban J connectivity index is 2.35. The van der Waals surface area contributed by atoms with Gasteiger partial charge in [-0.05, 0) is 31.9 Å². The van der Waals surface area contributed by atoms with E-state index in [9.17, 15) is 9.59 Å². The van der Waals surface area contributed by atoms with Gasteiger partial charge < -0.3 is 10.4 Å². The van der Waals surface area contributed by atoms with Crippen LogP contribution in [0.15, 0.2) is 24.3 Å². The largest absolute Gasteiger partial charge is 0.481 e. The number of anilines is 1. The molecule has 1 rings (SSSR count). The minimum Gasteiger partial charge on any atom is -0.481 e. The van der Waals surface area contributed by atoms with Crippen LogP contribution in [0.5, 0.6) is 0 Å². The van der Waals surface area contributed by atoms with Gasteiger partial charge in [0.15, 0.2) is 0 Å². The van der Waals surface area contributed by atoms with Crippen LogP contribution in [-0.2, 0) is 4.79 Å². The van der Waals surface area contributed by atoms with E-state index < -0.39 is 5.97 Å². The summed E-state index contributed by atoms with van der Waals surface area (Å²) in [5.74, 6) is -1.17. The minimum absolute atomic E-state index is 0.183. The lowest BCUT2D eigenvalue weighted by atomic mass is 10.1. The number of aryl methyl sites for hydroxylation is 1. The predicted molar refractivity (Wildman–Crippen MR) is 79.0 cm³/mol. The van der Waals surface area contributed by atoms with Crippen molar-refractivity contribution in [2.45, 2.75) is 26.7 Å². The van der Waals surface area contributed by atoms with Crippen LogP contribution in [0, 0.1) is 12.8 Å². The van der Waals surface area contributed by atoms with Crippen molar-refractivity contribution in [1.82, 2.24) is 5.32 Å². The van der Waals surface area contributed by atoms with Crippen molar-refractivity contribution in [2.24, 2.45) is 5.92 Å². The Bertz CT molecular complexity index is 457. The number of aliphatic carboxylic acids is 1. The average Bonchev–Trinajstić information content (AvgIpc) is 2.43. The van der Waals surface area contributed by atoms with Gasteiger partial charge in [0.1, 0.15) is 0 Å². The maximum absolute atomic E-state index is 11.9. The van der Waals surface area contributed by atoms with E-state index >= 15 is 0 Å². The molecule has 0 aromatic heterocycles. The molecule has 2 N–H and O–H groups in total. The quantitative estimate of drug-likeness (QED) is 0.786. The third-order valence-corrected chi connectivity index (χ3v) is 3.24. The molecule has 2 amide bonds. The summed E-state index contributed by atoms with van der Waals surface area (Å²) >= 11 is 0. The molecular formula is C15H22N2O3. The molecule has 0 aliphatic heterocycles. The van der Waals surface area contributed by atoms with Gasteiger partial charge in [0.2, 0.25) is 0 Å². The van der Waals surface area contributed by atoms with Gasteiger partial charge in [-0.1, -0.05) is 24.6 Å². The van der Waals surface area contributed by atoms with Crippen LogP contribution >= 0.6 is 0 Å². The lowest BCUT2D eigenvalue weighted by Crippen LogP contribution is -2.37. The number of amides is 2. The molecule has 0 saturated heterocycles. The van der Waals surface area contributed by atoms with Gasteiger partial charge in [0.25, 0.3) is 0 Å². The maximum atomic E-state index is 11.9. The number of carbonyl (C=O) groups is 2. The summed E-state index contributed by atoms with van der Waals surface area (Å²) in [6.45, 7) is 4.14. The lowest BCUT2D eigenvalue weighted by molar-refractivity contribution is -0.141. The van der Waals surface area contributed by atoms with E-state index in [0.29, 0.717) is 19.4 Å². The zero-order valence-electron chi connectivity index (χ0n) is 12.2. The minimum atomic E-state index is -0.798. The molecule has 110 valence electrons. The molecule has 0 heterocycles. The van der Waals surface area contributed by atoms with Crippen LogP contribution in [0.2, 0.25) is 0 Å². The number of benzene rings is 1. The highest BCUT2D eigenvalue weighted by Crippen LogP contribution is 2.13. The summed E-state index contributed by atoms with van der Waals surface area (Å²) in [5, 5.41) is 11.5. The molecular weight excluding hydrogens is 256 g/mol. The number of hydrogen-bond acceptors (Lipinski definition) is 2. The molecule has 20 heavy (non-hydrogen) atoms. The lowest BCUT2D eigenvalue weighted by Gasteiger charge is -2.18. The predicted octanol–water partition coefficient (Wildman–Crippen LogP) is 2.64. The SMILES string of the molecule is Cc1ccc(N(C)C(=O)NCCCC(C)C(=O)O)cc1. The van der Waals surface area contributed by atoms with Gasteiger partial charge >= 0.3 is 12.0 Å². The van der Waals surface area contributed by atoms with Gasteiger partial charge in [0, 0.05) is 19.3 Å². The Morgan fingerprint density at radius 2 is 1.90 bits per heavy atom. The zero-order chi connectivity index (χ0) is 15.1. The zero-order valence-corrected chi connectivity index (χ0v) is 12.2. The summed E-state index contributed by atoms with van der Waals surface area (Å²) in [4.78, 5) is 24.1. The summed E-state index contributed by atoms with van der Waals surface area (Å²) < 4.78 is 0. The third kappa shape index (κ3) is 4.91. The number of nitrogens with one attached hydrogen (secondary N) is 1. The summed E-state index contributed by atoms with van der Waals surface area (Å²) in [6, 6.07) is 7.50. The summed E-state index contributed by atoms with van der Waals surface area (Å²) in [5.41, 5.74) is 1.97. The number of urea groups is 1. The fraction of sp³-hybridized carbons (Fsp3) is 0.467. The van der Waals surface area contributed by atoms with E-state index in [-0.39, 0.29) is 11.9 Å². The standard InChI is InChI=1S/C15H22N2O3/c1-11-6-8-13(9-7-11)17(3)15(20)16-10-4-5-12(2)14(18)19/h6-9,12H,4-5,10H2,1-3H3,(H,16,20)(H,18,19). The highest BCUT2D eigenvalue weighted by atomic mass is 16.4. The second kappa shape index (κ2) is 7.53. The van der Waals surface area contributed by atoms with Gasteiger partial charge in [-0.2, -0.15) is 0 Å². The Labute approximate surface area is 119 Å². The van der Waals surface area contributed by atoms with Crippen LogP contribution in [0.3, 0.4) is 0 Å². The molecule has 0 aliphatic carbocycles. The molecule has 1 atom stereocenters. The van der Waals surface area contributed by atoms with E-state index in [0.717, 1.165) is 11.3 Å². The van der Waals surface area contributed by atoms with E-state index in [1.807, 2.05) is 31.2 Å². The smallest absolute Gasteiger partial charge is 0.321 e. The molecule has 0 saturated carbocycles. The molecule has 5 nitrogen and oxygen atoms in total. The number of carboxylic acids is 1. The van der Waals surface area contributed by atoms with Gasteiger partial charge in [-0.25, -0.2) is 4.79 Å². The highest BCUT2D eigenvalue weighted by Gasteiger charge is 2.12. The van der Waals surface area contributed by atoms with Crippen molar-refractivity contribution in [2.75, 3.05) is 18.5 Å². The second-order valence-electron chi connectivity index (χ2n) is 5.01. The summed E-state index contributed by atoms with van der Waals surface area (Å²) in [6.07, 6.45) is 1.21. The molecule has 1 unspecified atom stereocenters. The average molecular weight is 278 g/mol. The molecule has 0 aliphatic rings. The van der Waals surface area contributed by atoms with Crippen molar-refractivity contribution in [3.8, 4) is 0 Å². The van der Waals surface area contributed by atoms with Crippen molar-refractivity contribution < 1.29 is 14.7 Å². The molecule has 1 aromatic carbocycles. The van der Waals surface area contributed by atoms with Gasteiger partial charge in [0.05, 0.1) is 5.92 Å². The van der Waals surface area contributed by atoms with Crippen LogP contribution < -0.4 is 10.2 Å². The fourth-order valence-electron chi connectivity index (χ4n) is 1.73. The number of carboxylic acid groups (broad SMARTS) is 1. The van der Waals surface area contributed by atoms with E-state index in [1.165, 1.54) is 0 Å². The van der Waals surface area contributed by atoms with Gasteiger partial charge in [-0.3, -0.25) is 9.69 Å². The number of rotatable bonds is 6. The Morgan fingerprint density at radius 1 is 1.30 bits per heavy atom. The normalized spacial score (nSPS) is 11.8. The topological polar surface area (TPSA) is 69.6 Å². The maximum Gasteiger partial charge on any atom is 0.321 e. The van der Waals surface area contributed by atoms with E-state index in [2.05, 4.69) is 5.32 Å². The number of hydrogen-bond donors (Lipinski definition) is 2. The first-order chi connectivity index (χ1) is 9.41. The first-order valence-corrected chi connectivity index (χ1v) is 6.73. The van der Waals surface area contributed by atoms with Crippen LogP contribution in [0.4, 0.5) is 10.5 Å². The summed E-state index contributed by atoms with van der Waals surface area (Å²) in [7, 11) is 1.71. The Morgan fingerprint density at radius 3 is 2.45 bits per heavy atom. The molecule has 1 aromatic rings. The van der Waals surface area contributed by atoms with E-state index in [4.69, 9.17) is 5.11 Å². The molecule has 0 spiro atoms. The number of carbonyl (C=O) groups excluding carboxylic acids is 1. The molecule has 0 bridgehead atoms. The van der Waals surface area contributed by atoms with Crippen molar-refractivity contribution >= 4 is 17.7 Å². The third-order valence-electron chi connectivity index (χ3n) is 3.24.